The van der Waals surface area contributed by atoms with Gasteiger partial charge in [-0.25, -0.2) is 4.98 Å². The molecule has 0 fully saturated rings. The fraction of sp³-hybridized carbons (Fsp3) is 0.0714. The van der Waals surface area contributed by atoms with Crippen LogP contribution in [0.25, 0.3) is 20.8 Å². The Hall–Kier alpha value is -2.27. The molecule has 3 rings (SSSR count). The lowest BCUT2D eigenvalue weighted by Crippen LogP contribution is -1.86. The number of nitro benzene ring substituents is 1. The lowest BCUT2D eigenvalue weighted by Gasteiger charge is -1.99. The first-order valence-electron chi connectivity index (χ1n) is 5.76. The van der Waals surface area contributed by atoms with Crippen molar-refractivity contribution in [1.29, 1.82) is 0 Å². The van der Waals surface area contributed by atoms with Crippen LogP contribution in [-0.2, 0) is 0 Å². The van der Waals surface area contributed by atoms with Gasteiger partial charge in [0.05, 0.1) is 15.1 Å². The predicted molar refractivity (Wildman–Crippen MR) is 76.4 cm³/mol. The molecule has 94 valence electrons. The van der Waals surface area contributed by atoms with Crippen LogP contribution in [0.1, 0.15) is 5.56 Å². The normalized spacial score (nSPS) is 10.8. The molecule has 0 aliphatic heterocycles. The summed E-state index contributed by atoms with van der Waals surface area (Å²) in [7, 11) is 0. The summed E-state index contributed by atoms with van der Waals surface area (Å²) >= 11 is 1.55. The Morgan fingerprint density at radius 3 is 2.74 bits per heavy atom. The van der Waals surface area contributed by atoms with Gasteiger partial charge in [0.2, 0.25) is 0 Å². The van der Waals surface area contributed by atoms with E-state index in [4.69, 9.17) is 0 Å². The molecule has 1 aromatic heterocycles. The van der Waals surface area contributed by atoms with Crippen molar-refractivity contribution < 1.29 is 4.92 Å². The third-order valence-corrected chi connectivity index (χ3v) is 4.03. The Morgan fingerprint density at radius 2 is 2.00 bits per heavy atom. The van der Waals surface area contributed by atoms with Crippen LogP contribution in [0, 0.1) is 17.0 Å². The van der Waals surface area contributed by atoms with Gasteiger partial charge in [-0.15, -0.1) is 11.3 Å². The van der Waals surface area contributed by atoms with Gasteiger partial charge < -0.3 is 0 Å². The molecule has 2 aromatic carbocycles. The van der Waals surface area contributed by atoms with Crippen LogP contribution in [-0.4, -0.2) is 9.91 Å². The van der Waals surface area contributed by atoms with Crippen LogP contribution < -0.4 is 0 Å². The Balaban J connectivity index is 2.17. The highest BCUT2D eigenvalue weighted by Gasteiger charge is 2.12. The molecule has 19 heavy (non-hydrogen) atoms. The van der Waals surface area contributed by atoms with Crippen molar-refractivity contribution in [2.24, 2.45) is 0 Å². The fourth-order valence-corrected chi connectivity index (χ4v) is 2.99. The topological polar surface area (TPSA) is 56.0 Å². The molecular formula is C14H10N2O2S. The minimum absolute atomic E-state index is 0.0779. The predicted octanol–water partition coefficient (Wildman–Crippen LogP) is 4.18. The molecule has 0 N–H and O–H groups in total. The van der Waals surface area contributed by atoms with E-state index in [9.17, 15) is 10.1 Å². The number of hydrogen-bond donors (Lipinski definition) is 0. The highest BCUT2D eigenvalue weighted by molar-refractivity contribution is 7.21. The van der Waals surface area contributed by atoms with Crippen LogP contribution in [0.5, 0.6) is 0 Å². The second kappa shape index (κ2) is 4.44. The molecule has 5 heteroatoms. The number of fused-ring (bicyclic) bond motifs is 1. The quantitative estimate of drug-likeness (QED) is 0.518. The maximum Gasteiger partial charge on any atom is 0.271 e. The zero-order chi connectivity index (χ0) is 13.4. The number of thiazole rings is 1. The summed E-state index contributed by atoms with van der Waals surface area (Å²) in [5, 5.41) is 11.7. The number of aryl methyl sites for hydroxylation is 1. The van der Waals surface area contributed by atoms with E-state index in [1.54, 1.807) is 17.4 Å². The van der Waals surface area contributed by atoms with Gasteiger partial charge in [0.25, 0.3) is 5.69 Å². The molecule has 0 amide bonds. The van der Waals surface area contributed by atoms with Crippen molar-refractivity contribution in [3.05, 3.63) is 58.1 Å². The summed E-state index contributed by atoms with van der Waals surface area (Å²) < 4.78 is 0.962. The average molecular weight is 270 g/mol. The molecule has 3 aromatic rings. The van der Waals surface area contributed by atoms with Crippen molar-refractivity contribution in [1.82, 2.24) is 4.98 Å². The lowest BCUT2D eigenvalue weighted by molar-refractivity contribution is -0.384. The SMILES string of the molecule is Cc1ccccc1-c1nc2cc([N+](=O)[O-])ccc2s1. The van der Waals surface area contributed by atoms with Gasteiger partial charge in [-0.1, -0.05) is 24.3 Å². The lowest BCUT2D eigenvalue weighted by atomic mass is 10.1. The fourth-order valence-electron chi connectivity index (χ4n) is 1.96. The van der Waals surface area contributed by atoms with Gasteiger partial charge in [-0.05, 0) is 18.6 Å². The standard InChI is InChI=1S/C14H10N2O2S/c1-9-4-2-3-5-11(9)14-15-12-8-10(16(17)18)6-7-13(12)19-14/h2-8H,1H3. The first-order valence-corrected chi connectivity index (χ1v) is 6.58. The molecule has 0 aliphatic carbocycles. The van der Waals surface area contributed by atoms with Crippen molar-refractivity contribution in [2.75, 3.05) is 0 Å². The molecule has 0 bridgehead atoms. The Bertz CT molecular complexity index is 780. The molecule has 0 atom stereocenters. The van der Waals surface area contributed by atoms with Crippen LogP contribution >= 0.6 is 11.3 Å². The average Bonchev–Trinajstić information content (AvgIpc) is 2.81. The van der Waals surface area contributed by atoms with Gasteiger partial charge in [0.1, 0.15) is 5.01 Å². The highest BCUT2D eigenvalue weighted by Crippen LogP contribution is 2.33. The Kier molecular flexibility index (Phi) is 2.76. The smallest absolute Gasteiger partial charge is 0.258 e. The van der Waals surface area contributed by atoms with Gasteiger partial charge in [-0.2, -0.15) is 0 Å². The number of nitro groups is 1. The summed E-state index contributed by atoms with van der Waals surface area (Å²) in [5.74, 6) is 0. The number of benzene rings is 2. The second-order valence-corrected chi connectivity index (χ2v) is 5.27. The number of aromatic nitrogens is 1. The van der Waals surface area contributed by atoms with Crippen molar-refractivity contribution in [2.45, 2.75) is 6.92 Å². The van der Waals surface area contributed by atoms with Crippen LogP contribution in [0.15, 0.2) is 42.5 Å². The summed E-state index contributed by atoms with van der Waals surface area (Å²) in [6, 6.07) is 12.8. The molecular weight excluding hydrogens is 260 g/mol. The van der Waals surface area contributed by atoms with Crippen molar-refractivity contribution >= 4 is 27.2 Å². The first kappa shape index (κ1) is 11.8. The Labute approximate surface area is 113 Å². The van der Waals surface area contributed by atoms with Crippen LogP contribution in [0.3, 0.4) is 0 Å². The molecule has 0 spiro atoms. The number of rotatable bonds is 2. The number of non-ortho nitro benzene ring substituents is 1. The molecule has 1 heterocycles. The maximum atomic E-state index is 10.8. The summed E-state index contributed by atoms with van der Waals surface area (Å²) in [5.41, 5.74) is 2.98. The van der Waals surface area contributed by atoms with Gasteiger partial charge in [0, 0.05) is 17.7 Å². The molecule has 0 radical (unpaired) electrons. The first-order chi connectivity index (χ1) is 9.15. The Morgan fingerprint density at radius 1 is 1.21 bits per heavy atom. The van der Waals surface area contributed by atoms with Gasteiger partial charge >= 0.3 is 0 Å². The van der Waals surface area contributed by atoms with E-state index < -0.39 is 4.92 Å². The summed E-state index contributed by atoms with van der Waals surface area (Å²) in [4.78, 5) is 14.9. The zero-order valence-electron chi connectivity index (χ0n) is 10.2. The van der Waals surface area contributed by atoms with Crippen LogP contribution in [0.2, 0.25) is 0 Å². The zero-order valence-corrected chi connectivity index (χ0v) is 11.0. The third-order valence-electron chi connectivity index (χ3n) is 2.96. The van der Waals surface area contributed by atoms with E-state index in [0.29, 0.717) is 5.52 Å². The van der Waals surface area contributed by atoms with E-state index in [1.807, 2.05) is 31.2 Å². The van der Waals surface area contributed by atoms with E-state index in [1.165, 1.54) is 12.1 Å². The van der Waals surface area contributed by atoms with Gasteiger partial charge in [-0.3, -0.25) is 10.1 Å². The monoisotopic (exact) mass is 270 g/mol. The molecule has 0 aliphatic rings. The molecule has 0 unspecified atom stereocenters. The van der Waals surface area contributed by atoms with Crippen molar-refractivity contribution in [3.63, 3.8) is 0 Å². The highest BCUT2D eigenvalue weighted by atomic mass is 32.1. The largest absolute Gasteiger partial charge is 0.271 e. The minimum atomic E-state index is -0.397. The van der Waals surface area contributed by atoms with E-state index in [-0.39, 0.29) is 5.69 Å². The minimum Gasteiger partial charge on any atom is -0.258 e. The molecule has 0 saturated heterocycles. The second-order valence-electron chi connectivity index (χ2n) is 4.24. The summed E-state index contributed by atoms with van der Waals surface area (Å²) in [6.45, 7) is 2.03. The van der Waals surface area contributed by atoms with E-state index >= 15 is 0 Å². The maximum absolute atomic E-state index is 10.8. The summed E-state index contributed by atoms with van der Waals surface area (Å²) in [6.07, 6.45) is 0. The molecule has 4 nitrogen and oxygen atoms in total. The third kappa shape index (κ3) is 2.08. The van der Waals surface area contributed by atoms with E-state index in [0.717, 1.165) is 20.8 Å². The number of hydrogen-bond acceptors (Lipinski definition) is 4. The van der Waals surface area contributed by atoms with E-state index in [2.05, 4.69) is 4.98 Å². The number of nitrogens with zero attached hydrogens (tertiary/aromatic N) is 2. The molecule has 0 saturated carbocycles. The van der Waals surface area contributed by atoms with Gasteiger partial charge in [0.15, 0.2) is 0 Å². The van der Waals surface area contributed by atoms with Crippen LogP contribution in [0.4, 0.5) is 5.69 Å². The van der Waals surface area contributed by atoms with Crippen molar-refractivity contribution in [3.8, 4) is 10.6 Å².